The van der Waals surface area contributed by atoms with Crippen molar-refractivity contribution in [3.63, 3.8) is 0 Å². The molecule has 2 aromatic heterocycles. The van der Waals surface area contributed by atoms with E-state index in [9.17, 15) is 4.39 Å². The van der Waals surface area contributed by atoms with Gasteiger partial charge in [0.05, 0.1) is 5.01 Å². The van der Waals surface area contributed by atoms with Crippen LogP contribution < -0.4 is 5.32 Å². The highest BCUT2D eigenvalue weighted by Gasteiger charge is 2.14. The molecule has 0 spiro atoms. The van der Waals surface area contributed by atoms with Gasteiger partial charge in [-0.2, -0.15) is 4.98 Å². The van der Waals surface area contributed by atoms with Crippen molar-refractivity contribution >= 4 is 23.7 Å². The first kappa shape index (κ1) is 18.5. The van der Waals surface area contributed by atoms with Crippen LogP contribution in [0.15, 0.2) is 34.2 Å². The lowest BCUT2D eigenvalue weighted by molar-refractivity contribution is 0.417. The van der Waals surface area contributed by atoms with Gasteiger partial charge in [0.1, 0.15) is 11.5 Å². The Labute approximate surface area is 149 Å². The Morgan fingerprint density at radius 3 is 2.71 bits per heavy atom. The van der Waals surface area contributed by atoms with Crippen molar-refractivity contribution in [2.45, 2.75) is 25.8 Å². The first-order valence-corrected chi connectivity index (χ1v) is 8.21. The molecule has 1 atom stereocenters. The molecule has 0 amide bonds. The second kappa shape index (κ2) is 8.32. The zero-order valence-corrected chi connectivity index (χ0v) is 15.0. The van der Waals surface area contributed by atoms with Crippen molar-refractivity contribution in [1.29, 1.82) is 0 Å². The minimum Gasteiger partial charge on any atom is -0.332 e. The molecule has 8 heteroatoms. The molecule has 2 heterocycles. The van der Waals surface area contributed by atoms with Crippen molar-refractivity contribution in [2.75, 3.05) is 7.05 Å². The van der Waals surface area contributed by atoms with Gasteiger partial charge in [0.15, 0.2) is 5.82 Å². The average molecular weight is 369 g/mol. The van der Waals surface area contributed by atoms with E-state index in [4.69, 9.17) is 4.52 Å². The van der Waals surface area contributed by atoms with Gasteiger partial charge in [-0.05, 0) is 31.7 Å². The fourth-order valence-electron chi connectivity index (χ4n) is 2.08. The lowest BCUT2D eigenvalue weighted by Gasteiger charge is -2.04. The molecule has 0 fully saturated rings. The van der Waals surface area contributed by atoms with Crippen molar-refractivity contribution in [3.8, 4) is 11.6 Å². The molecule has 1 N–H and O–H groups in total. The van der Waals surface area contributed by atoms with Crippen LogP contribution in [0.5, 0.6) is 0 Å². The summed E-state index contributed by atoms with van der Waals surface area (Å²) in [6.45, 7) is 2.06. The van der Waals surface area contributed by atoms with Crippen LogP contribution in [0.2, 0.25) is 0 Å². The summed E-state index contributed by atoms with van der Waals surface area (Å²) in [7, 11) is 1.90. The summed E-state index contributed by atoms with van der Waals surface area (Å²) in [5.74, 6) is 0.864. The zero-order chi connectivity index (χ0) is 16.2. The molecule has 0 radical (unpaired) electrons. The topological polar surface area (TPSA) is 63.8 Å². The van der Waals surface area contributed by atoms with Gasteiger partial charge in [-0.3, -0.25) is 0 Å². The Hall–Kier alpha value is -1.83. The molecule has 0 aliphatic carbocycles. The molecular formula is C16H18ClFN4OS. The van der Waals surface area contributed by atoms with Gasteiger partial charge >= 0.3 is 0 Å². The van der Waals surface area contributed by atoms with Gasteiger partial charge in [0, 0.05) is 24.3 Å². The van der Waals surface area contributed by atoms with Gasteiger partial charge in [0.25, 0.3) is 5.89 Å². The molecule has 0 aliphatic heterocycles. The standard InChI is InChI=1S/C16H17FN4OS.ClH/c1-10(18-2)7-14-20-16(22-21-14)13-9-23-15(19-13)8-11-3-5-12(17)6-4-11;/h3-6,9-10,18H,7-8H2,1-2H3;1H. The van der Waals surface area contributed by atoms with E-state index >= 15 is 0 Å². The first-order valence-electron chi connectivity index (χ1n) is 7.33. The Morgan fingerprint density at radius 1 is 1.25 bits per heavy atom. The van der Waals surface area contributed by atoms with E-state index in [0.29, 0.717) is 30.3 Å². The predicted molar refractivity (Wildman–Crippen MR) is 94.1 cm³/mol. The fourth-order valence-corrected chi connectivity index (χ4v) is 2.89. The molecule has 0 saturated heterocycles. The molecule has 5 nitrogen and oxygen atoms in total. The van der Waals surface area contributed by atoms with Gasteiger partial charge in [-0.15, -0.1) is 23.7 Å². The van der Waals surface area contributed by atoms with E-state index in [2.05, 4.69) is 27.4 Å². The molecular weight excluding hydrogens is 351 g/mol. The molecule has 3 rings (SSSR count). The van der Waals surface area contributed by atoms with Gasteiger partial charge < -0.3 is 9.84 Å². The summed E-state index contributed by atoms with van der Waals surface area (Å²) in [4.78, 5) is 8.90. The molecule has 1 aromatic carbocycles. The third-order valence-electron chi connectivity index (χ3n) is 3.49. The maximum atomic E-state index is 12.9. The second-order valence-corrected chi connectivity index (χ2v) is 6.28. The average Bonchev–Trinajstić information content (AvgIpc) is 3.19. The highest BCUT2D eigenvalue weighted by Crippen LogP contribution is 2.22. The number of halogens is 2. The van der Waals surface area contributed by atoms with Gasteiger partial charge in [-0.1, -0.05) is 17.3 Å². The Balaban J connectivity index is 0.00000208. The van der Waals surface area contributed by atoms with E-state index in [0.717, 1.165) is 10.6 Å². The van der Waals surface area contributed by atoms with Gasteiger partial charge in [-0.25, -0.2) is 9.37 Å². The van der Waals surface area contributed by atoms with Crippen molar-refractivity contribution < 1.29 is 8.91 Å². The minimum atomic E-state index is -0.234. The van der Waals surface area contributed by atoms with Crippen LogP contribution in [0, 0.1) is 5.82 Å². The van der Waals surface area contributed by atoms with E-state index < -0.39 is 0 Å². The molecule has 0 saturated carbocycles. The number of hydrogen-bond donors (Lipinski definition) is 1. The lowest BCUT2D eigenvalue weighted by Crippen LogP contribution is -2.24. The quantitative estimate of drug-likeness (QED) is 0.721. The Morgan fingerprint density at radius 2 is 2.00 bits per heavy atom. The van der Waals surface area contributed by atoms with Crippen molar-refractivity contribution in [2.24, 2.45) is 0 Å². The predicted octanol–water partition coefficient (Wildman–Crippen LogP) is 3.50. The number of nitrogens with zero attached hydrogens (tertiary/aromatic N) is 3. The Bertz CT molecular complexity index is 774. The number of likely N-dealkylation sites (N-methyl/N-ethyl adjacent to an activating group) is 1. The Kier molecular flexibility index (Phi) is 6.42. The normalized spacial score (nSPS) is 12.0. The van der Waals surface area contributed by atoms with E-state index in [1.807, 2.05) is 12.4 Å². The van der Waals surface area contributed by atoms with Crippen molar-refractivity contribution in [3.05, 3.63) is 51.9 Å². The smallest absolute Gasteiger partial charge is 0.277 e. The lowest BCUT2D eigenvalue weighted by atomic mass is 10.1. The van der Waals surface area contributed by atoms with Crippen LogP contribution in [0.25, 0.3) is 11.6 Å². The van der Waals surface area contributed by atoms with Gasteiger partial charge in [0.2, 0.25) is 0 Å². The maximum absolute atomic E-state index is 12.9. The first-order chi connectivity index (χ1) is 11.1. The van der Waals surface area contributed by atoms with E-state index in [1.165, 1.54) is 23.5 Å². The SMILES string of the molecule is CNC(C)Cc1noc(-c2csc(Cc3ccc(F)cc3)n2)n1.Cl. The molecule has 24 heavy (non-hydrogen) atoms. The number of benzene rings is 1. The van der Waals surface area contributed by atoms with E-state index in [-0.39, 0.29) is 24.3 Å². The summed E-state index contributed by atoms with van der Waals surface area (Å²) in [6.07, 6.45) is 1.36. The van der Waals surface area contributed by atoms with Crippen LogP contribution in [0.4, 0.5) is 4.39 Å². The molecule has 1 unspecified atom stereocenters. The fraction of sp³-hybridized carbons (Fsp3) is 0.312. The third kappa shape index (κ3) is 4.59. The number of nitrogens with one attached hydrogen (secondary N) is 1. The molecule has 0 aliphatic rings. The molecule has 3 aromatic rings. The number of thiazole rings is 1. The zero-order valence-electron chi connectivity index (χ0n) is 13.3. The van der Waals surface area contributed by atoms with Crippen LogP contribution in [0.1, 0.15) is 23.3 Å². The summed E-state index contributed by atoms with van der Waals surface area (Å²) in [5, 5.41) is 9.94. The summed E-state index contributed by atoms with van der Waals surface area (Å²) in [5.41, 5.74) is 1.70. The summed E-state index contributed by atoms with van der Waals surface area (Å²) < 4.78 is 18.2. The highest BCUT2D eigenvalue weighted by molar-refractivity contribution is 7.10. The van der Waals surface area contributed by atoms with Crippen LogP contribution >= 0.6 is 23.7 Å². The summed E-state index contributed by atoms with van der Waals surface area (Å²) in [6, 6.07) is 6.72. The molecule has 128 valence electrons. The molecule has 0 bridgehead atoms. The minimum absolute atomic E-state index is 0. The number of aromatic nitrogens is 3. The van der Waals surface area contributed by atoms with Crippen molar-refractivity contribution in [1.82, 2.24) is 20.4 Å². The van der Waals surface area contributed by atoms with Crippen LogP contribution in [-0.4, -0.2) is 28.2 Å². The third-order valence-corrected chi connectivity index (χ3v) is 4.34. The monoisotopic (exact) mass is 368 g/mol. The highest BCUT2D eigenvalue weighted by atomic mass is 35.5. The van der Waals surface area contributed by atoms with E-state index in [1.54, 1.807) is 12.1 Å². The second-order valence-electron chi connectivity index (χ2n) is 5.34. The largest absolute Gasteiger partial charge is 0.332 e. The number of rotatable bonds is 6. The van der Waals surface area contributed by atoms with Crippen LogP contribution in [0.3, 0.4) is 0 Å². The maximum Gasteiger partial charge on any atom is 0.277 e. The van der Waals surface area contributed by atoms with Crippen LogP contribution in [-0.2, 0) is 12.8 Å². The number of hydrogen-bond acceptors (Lipinski definition) is 6. The summed E-state index contributed by atoms with van der Waals surface area (Å²) >= 11 is 1.53.